The van der Waals surface area contributed by atoms with Gasteiger partial charge in [0, 0.05) is 21.7 Å². The van der Waals surface area contributed by atoms with E-state index < -0.39 is 5.79 Å². The molecule has 0 aromatic rings. The number of allylic oxidation sites excluding steroid dienone is 2. The normalized spacial score (nSPS) is 43.4. The maximum Gasteiger partial charge on any atom is 0.217 e. The van der Waals surface area contributed by atoms with E-state index in [1.807, 2.05) is 12.2 Å². The second-order valence-electron chi connectivity index (χ2n) is 2.03. The number of ether oxygens (including phenoxy) is 1. The minimum atomic E-state index is -0.922. The van der Waals surface area contributed by atoms with Crippen LogP contribution in [0.3, 0.4) is 0 Å². The Morgan fingerprint density at radius 1 is 1.44 bits per heavy atom. The first-order valence-corrected chi connectivity index (χ1v) is 2.57. The van der Waals surface area contributed by atoms with E-state index in [1.165, 1.54) is 0 Å². The summed E-state index contributed by atoms with van der Waals surface area (Å²) in [4.78, 5) is 0. The average molecular weight is 158 g/mol. The summed E-state index contributed by atoms with van der Waals surface area (Å²) in [5, 5.41) is 9.09. The Kier molecular flexibility index (Phi) is 1.65. The molecular formula is C6H6O2Ti. The van der Waals surface area contributed by atoms with Crippen LogP contribution >= 0.6 is 0 Å². The van der Waals surface area contributed by atoms with Gasteiger partial charge in [-0.2, -0.15) is 0 Å². The zero-order valence-electron chi connectivity index (χ0n) is 4.74. The van der Waals surface area contributed by atoms with Gasteiger partial charge in [-0.05, 0) is 6.08 Å². The molecule has 0 aromatic heterocycles. The van der Waals surface area contributed by atoms with Crippen molar-refractivity contribution in [2.45, 2.75) is 11.9 Å². The second-order valence-corrected chi connectivity index (χ2v) is 2.03. The maximum absolute atomic E-state index is 9.09. The Morgan fingerprint density at radius 3 is 2.67 bits per heavy atom. The van der Waals surface area contributed by atoms with Gasteiger partial charge >= 0.3 is 0 Å². The summed E-state index contributed by atoms with van der Waals surface area (Å²) < 4.78 is 4.85. The Balaban J connectivity index is 0.000000405. The predicted molar refractivity (Wildman–Crippen MR) is 28.1 cm³/mol. The van der Waals surface area contributed by atoms with Crippen molar-refractivity contribution in [3.8, 4) is 0 Å². The number of hydrogen-bond donors (Lipinski definition) is 1. The summed E-state index contributed by atoms with van der Waals surface area (Å²) in [5.74, 6) is -0.922. The standard InChI is InChI=1S/C6H6O2.Ti/c7-6-4-2-1-3-5(6)8-6;/h1-5,7H;. The van der Waals surface area contributed by atoms with E-state index in [0.29, 0.717) is 0 Å². The molecule has 46 valence electrons. The van der Waals surface area contributed by atoms with Gasteiger partial charge < -0.3 is 9.84 Å². The molecule has 0 saturated carbocycles. The first kappa shape index (κ1) is 7.22. The van der Waals surface area contributed by atoms with Crippen LogP contribution in [0.2, 0.25) is 0 Å². The van der Waals surface area contributed by atoms with Gasteiger partial charge in [-0.15, -0.1) is 0 Å². The van der Waals surface area contributed by atoms with E-state index in [0.717, 1.165) is 0 Å². The van der Waals surface area contributed by atoms with Crippen LogP contribution in [0.1, 0.15) is 0 Å². The van der Waals surface area contributed by atoms with Gasteiger partial charge in [0.25, 0.3) is 0 Å². The van der Waals surface area contributed by atoms with E-state index in [9.17, 15) is 0 Å². The zero-order valence-corrected chi connectivity index (χ0v) is 6.30. The smallest absolute Gasteiger partial charge is 0.217 e. The van der Waals surface area contributed by atoms with Crippen molar-refractivity contribution in [2.24, 2.45) is 0 Å². The van der Waals surface area contributed by atoms with Crippen molar-refractivity contribution in [3.63, 3.8) is 0 Å². The molecule has 3 heteroatoms. The molecule has 1 N–H and O–H groups in total. The first-order valence-electron chi connectivity index (χ1n) is 2.57. The van der Waals surface area contributed by atoms with Gasteiger partial charge in [-0.1, -0.05) is 18.2 Å². The topological polar surface area (TPSA) is 32.8 Å². The van der Waals surface area contributed by atoms with Crippen molar-refractivity contribution in [3.05, 3.63) is 24.3 Å². The van der Waals surface area contributed by atoms with Gasteiger partial charge in [0.1, 0.15) is 6.10 Å². The fourth-order valence-corrected chi connectivity index (χ4v) is 0.839. The molecule has 0 spiro atoms. The van der Waals surface area contributed by atoms with Crippen molar-refractivity contribution in [1.29, 1.82) is 0 Å². The summed E-state index contributed by atoms with van der Waals surface area (Å²) in [7, 11) is 0. The summed E-state index contributed by atoms with van der Waals surface area (Å²) >= 11 is 0. The molecule has 1 aliphatic carbocycles. The van der Waals surface area contributed by atoms with E-state index in [4.69, 9.17) is 9.84 Å². The molecule has 2 rings (SSSR count). The molecular weight excluding hydrogens is 152 g/mol. The average Bonchev–Trinajstić information content (AvgIpc) is 2.39. The van der Waals surface area contributed by atoms with Crippen LogP contribution in [0.5, 0.6) is 0 Å². The predicted octanol–water partition coefficient (Wildman–Crippen LogP) is 0.197. The van der Waals surface area contributed by atoms with Crippen LogP contribution < -0.4 is 0 Å². The molecule has 2 aliphatic rings. The first-order chi connectivity index (χ1) is 3.81. The zero-order chi connectivity index (χ0) is 5.61. The minimum absolute atomic E-state index is 0. The van der Waals surface area contributed by atoms with Crippen LogP contribution in [0.15, 0.2) is 24.3 Å². The molecule has 0 aromatic carbocycles. The van der Waals surface area contributed by atoms with Crippen LogP contribution in [0.25, 0.3) is 0 Å². The van der Waals surface area contributed by atoms with Crippen molar-refractivity contribution >= 4 is 0 Å². The Morgan fingerprint density at radius 2 is 2.22 bits per heavy atom. The number of epoxide rings is 1. The largest absolute Gasteiger partial charge is 0.360 e. The Labute approximate surface area is 68.1 Å². The van der Waals surface area contributed by atoms with Crippen molar-refractivity contribution in [1.82, 2.24) is 0 Å². The molecule has 2 unspecified atom stereocenters. The van der Waals surface area contributed by atoms with Crippen LogP contribution in [-0.4, -0.2) is 17.0 Å². The molecule has 2 nitrogen and oxygen atoms in total. The molecule has 0 bridgehead atoms. The second kappa shape index (κ2) is 2.06. The third-order valence-electron chi connectivity index (χ3n) is 1.40. The third-order valence-corrected chi connectivity index (χ3v) is 1.40. The van der Waals surface area contributed by atoms with Crippen LogP contribution in [0, 0.1) is 0 Å². The summed E-state index contributed by atoms with van der Waals surface area (Å²) in [5.41, 5.74) is 0. The van der Waals surface area contributed by atoms with Gasteiger partial charge in [0.2, 0.25) is 5.79 Å². The molecule has 1 heterocycles. The van der Waals surface area contributed by atoms with Crippen molar-refractivity contribution < 1.29 is 31.6 Å². The maximum atomic E-state index is 9.09. The molecule has 0 amide bonds. The van der Waals surface area contributed by atoms with Gasteiger partial charge in [-0.25, -0.2) is 0 Å². The molecule has 9 heavy (non-hydrogen) atoms. The number of aliphatic hydroxyl groups is 1. The van der Waals surface area contributed by atoms with E-state index in [2.05, 4.69) is 0 Å². The summed E-state index contributed by atoms with van der Waals surface area (Å²) in [6.45, 7) is 0. The van der Waals surface area contributed by atoms with E-state index in [1.54, 1.807) is 12.2 Å². The molecule has 2 atom stereocenters. The van der Waals surface area contributed by atoms with Gasteiger partial charge in [-0.3, -0.25) is 0 Å². The molecule has 1 fully saturated rings. The Hall–Kier alpha value is 0.114. The van der Waals surface area contributed by atoms with Crippen molar-refractivity contribution in [2.75, 3.05) is 0 Å². The third kappa shape index (κ3) is 1.04. The van der Waals surface area contributed by atoms with E-state index >= 15 is 0 Å². The number of fused-ring (bicyclic) bond motifs is 1. The monoisotopic (exact) mass is 158 g/mol. The molecule has 0 radical (unpaired) electrons. The molecule has 1 saturated heterocycles. The fraction of sp³-hybridized carbons (Fsp3) is 0.333. The molecule has 1 aliphatic heterocycles. The fourth-order valence-electron chi connectivity index (χ4n) is 0.839. The van der Waals surface area contributed by atoms with E-state index in [-0.39, 0.29) is 27.8 Å². The minimum Gasteiger partial charge on any atom is -0.360 e. The Bertz CT molecular complexity index is 176. The SMILES string of the molecule is OC12C=CC=CC1O2.[Ti]. The van der Waals surface area contributed by atoms with Gasteiger partial charge in [0.15, 0.2) is 0 Å². The number of rotatable bonds is 0. The van der Waals surface area contributed by atoms with Crippen LogP contribution in [-0.2, 0) is 26.5 Å². The summed E-state index contributed by atoms with van der Waals surface area (Å²) in [6.07, 6.45) is 7.07. The number of hydrogen-bond acceptors (Lipinski definition) is 2. The summed E-state index contributed by atoms with van der Waals surface area (Å²) in [6, 6.07) is 0. The van der Waals surface area contributed by atoms with Gasteiger partial charge in [0.05, 0.1) is 0 Å². The van der Waals surface area contributed by atoms with Crippen LogP contribution in [0.4, 0.5) is 0 Å². The quantitative estimate of drug-likeness (QED) is 0.403.